The van der Waals surface area contributed by atoms with E-state index >= 15 is 0 Å². The molecule has 0 saturated heterocycles. The Labute approximate surface area is 161 Å². The van der Waals surface area contributed by atoms with Crippen LogP contribution in [0.4, 0.5) is 5.82 Å². The number of rotatable bonds is 3. The van der Waals surface area contributed by atoms with Crippen molar-refractivity contribution in [2.75, 3.05) is 5.32 Å². The van der Waals surface area contributed by atoms with Gasteiger partial charge < -0.3 is 5.32 Å². The molecule has 4 rings (SSSR count). The van der Waals surface area contributed by atoms with Gasteiger partial charge in [0.1, 0.15) is 5.01 Å². The molecular formula is C17H9Cl2N3OS2. The Morgan fingerprint density at radius 2 is 1.92 bits per heavy atom. The Morgan fingerprint density at radius 3 is 2.72 bits per heavy atom. The molecule has 3 heterocycles. The minimum atomic E-state index is -0.269. The molecule has 0 spiro atoms. The molecule has 3 aromatic heterocycles. The Bertz CT molecular complexity index is 1060. The second kappa shape index (κ2) is 6.72. The maximum absolute atomic E-state index is 12.4. The number of nitrogens with zero attached hydrogens (tertiary/aromatic N) is 2. The summed E-state index contributed by atoms with van der Waals surface area (Å²) < 4.78 is 1.12. The van der Waals surface area contributed by atoms with Gasteiger partial charge in [-0.05, 0) is 30.3 Å². The molecule has 1 N–H and O–H groups in total. The summed E-state index contributed by atoms with van der Waals surface area (Å²) in [7, 11) is 0. The second-order valence-electron chi connectivity index (χ2n) is 5.09. The smallest absolute Gasteiger partial charge is 0.266 e. The molecule has 0 unspecified atom stereocenters. The van der Waals surface area contributed by atoms with Gasteiger partial charge >= 0.3 is 0 Å². The normalized spacial score (nSPS) is 11.0. The van der Waals surface area contributed by atoms with Crippen LogP contribution in [0.1, 0.15) is 9.67 Å². The van der Waals surface area contributed by atoms with E-state index in [1.807, 2.05) is 30.3 Å². The summed E-state index contributed by atoms with van der Waals surface area (Å²) in [5, 5.41) is 4.30. The Balaban J connectivity index is 1.58. The first-order valence-electron chi connectivity index (χ1n) is 7.18. The standard InChI is InChI=1S/C17H9Cl2N3OS2/c18-9-7-10(19)15(20-8-9)22-16(23)13-5-6-14(24-13)17-21-11-3-1-2-4-12(11)25-17/h1-8H,(H,20,22,23). The molecule has 4 aromatic rings. The highest BCUT2D eigenvalue weighted by atomic mass is 35.5. The molecule has 4 nitrogen and oxygen atoms in total. The third-order valence-corrected chi connectivity index (χ3v) is 6.16. The minimum absolute atomic E-state index is 0.269. The van der Waals surface area contributed by atoms with Crippen molar-refractivity contribution in [3.8, 4) is 9.88 Å². The number of aromatic nitrogens is 2. The molecule has 0 aliphatic rings. The zero-order valence-electron chi connectivity index (χ0n) is 12.5. The number of amides is 1. The average molecular weight is 406 g/mol. The molecule has 0 bridgehead atoms. The highest BCUT2D eigenvalue weighted by Crippen LogP contribution is 2.34. The summed E-state index contributed by atoms with van der Waals surface area (Å²) in [6, 6.07) is 13.2. The van der Waals surface area contributed by atoms with E-state index in [9.17, 15) is 4.79 Å². The van der Waals surface area contributed by atoms with Crippen LogP contribution in [-0.2, 0) is 0 Å². The SMILES string of the molecule is O=C(Nc1ncc(Cl)cc1Cl)c1ccc(-c2nc3ccccc3s2)s1. The van der Waals surface area contributed by atoms with Gasteiger partial charge in [-0.1, -0.05) is 35.3 Å². The fraction of sp³-hybridized carbons (Fsp3) is 0. The van der Waals surface area contributed by atoms with Crippen molar-refractivity contribution in [1.29, 1.82) is 0 Å². The van der Waals surface area contributed by atoms with E-state index in [1.165, 1.54) is 23.6 Å². The van der Waals surface area contributed by atoms with E-state index < -0.39 is 0 Å². The topological polar surface area (TPSA) is 54.9 Å². The van der Waals surface area contributed by atoms with Crippen LogP contribution in [0.15, 0.2) is 48.7 Å². The molecule has 0 atom stereocenters. The van der Waals surface area contributed by atoms with Crippen molar-refractivity contribution >= 4 is 67.8 Å². The molecule has 25 heavy (non-hydrogen) atoms. The van der Waals surface area contributed by atoms with Gasteiger partial charge in [0.15, 0.2) is 5.82 Å². The lowest BCUT2D eigenvalue weighted by Gasteiger charge is -2.04. The predicted octanol–water partition coefficient (Wildman–Crippen LogP) is 5.98. The minimum Gasteiger partial charge on any atom is -0.305 e. The number of carbonyl (C=O) groups is 1. The van der Waals surface area contributed by atoms with Crippen molar-refractivity contribution in [2.45, 2.75) is 0 Å². The van der Waals surface area contributed by atoms with Crippen molar-refractivity contribution < 1.29 is 4.79 Å². The van der Waals surface area contributed by atoms with Gasteiger partial charge in [0.2, 0.25) is 0 Å². The van der Waals surface area contributed by atoms with E-state index in [1.54, 1.807) is 17.4 Å². The zero-order valence-corrected chi connectivity index (χ0v) is 15.6. The van der Waals surface area contributed by atoms with Crippen molar-refractivity contribution in [2.24, 2.45) is 0 Å². The number of nitrogens with one attached hydrogen (secondary N) is 1. The first-order chi connectivity index (χ1) is 12.1. The number of fused-ring (bicyclic) bond motifs is 1. The monoisotopic (exact) mass is 405 g/mol. The molecule has 0 fully saturated rings. The van der Waals surface area contributed by atoms with Gasteiger partial charge in [0, 0.05) is 6.20 Å². The van der Waals surface area contributed by atoms with E-state index in [2.05, 4.69) is 15.3 Å². The van der Waals surface area contributed by atoms with Crippen LogP contribution < -0.4 is 5.32 Å². The predicted molar refractivity (Wildman–Crippen MR) is 105 cm³/mol. The molecule has 1 aromatic carbocycles. The molecular weight excluding hydrogens is 397 g/mol. The number of pyridine rings is 1. The lowest BCUT2D eigenvalue weighted by atomic mass is 10.3. The van der Waals surface area contributed by atoms with Crippen LogP contribution in [0.5, 0.6) is 0 Å². The molecule has 0 aliphatic heterocycles. The maximum atomic E-state index is 12.4. The van der Waals surface area contributed by atoms with Crippen molar-refractivity contribution in [1.82, 2.24) is 9.97 Å². The zero-order chi connectivity index (χ0) is 17.4. The summed E-state index contributed by atoms with van der Waals surface area (Å²) in [5.41, 5.74) is 0.957. The van der Waals surface area contributed by atoms with Gasteiger partial charge in [0.05, 0.1) is 30.0 Å². The molecule has 8 heteroatoms. The lowest BCUT2D eigenvalue weighted by Crippen LogP contribution is -2.11. The highest BCUT2D eigenvalue weighted by molar-refractivity contribution is 7.26. The maximum Gasteiger partial charge on any atom is 0.266 e. The van der Waals surface area contributed by atoms with E-state index in [0.29, 0.717) is 14.9 Å². The molecule has 0 aliphatic carbocycles. The first kappa shape index (κ1) is 16.5. The quantitative estimate of drug-likeness (QED) is 0.455. The van der Waals surface area contributed by atoms with Crippen LogP contribution in [0, 0.1) is 0 Å². The second-order valence-corrected chi connectivity index (χ2v) is 8.05. The van der Waals surface area contributed by atoms with Crippen molar-refractivity contribution in [3.05, 3.63) is 63.6 Å². The Hall–Kier alpha value is -1.99. The molecule has 1 amide bonds. The summed E-state index contributed by atoms with van der Waals surface area (Å²) in [6.07, 6.45) is 1.43. The summed E-state index contributed by atoms with van der Waals surface area (Å²) >= 11 is 14.8. The third-order valence-electron chi connectivity index (χ3n) is 3.37. The number of thiazole rings is 1. The van der Waals surface area contributed by atoms with Gasteiger partial charge in [-0.25, -0.2) is 9.97 Å². The third kappa shape index (κ3) is 3.39. The van der Waals surface area contributed by atoms with E-state index in [4.69, 9.17) is 23.2 Å². The van der Waals surface area contributed by atoms with Crippen LogP contribution >= 0.6 is 45.9 Å². The number of hydrogen-bond donors (Lipinski definition) is 1. The van der Waals surface area contributed by atoms with E-state index in [-0.39, 0.29) is 11.7 Å². The fourth-order valence-corrected chi connectivity index (χ4v) is 4.58. The summed E-state index contributed by atoms with van der Waals surface area (Å²) in [5.74, 6) is 0.0140. The number of carbonyl (C=O) groups excluding carboxylic acids is 1. The largest absolute Gasteiger partial charge is 0.305 e. The fourth-order valence-electron chi connectivity index (χ4n) is 2.23. The Kier molecular flexibility index (Phi) is 4.43. The van der Waals surface area contributed by atoms with Gasteiger partial charge in [0.25, 0.3) is 5.91 Å². The highest BCUT2D eigenvalue weighted by Gasteiger charge is 2.15. The number of benzene rings is 1. The van der Waals surface area contributed by atoms with Gasteiger partial charge in [-0.15, -0.1) is 22.7 Å². The van der Waals surface area contributed by atoms with Crippen LogP contribution in [0.3, 0.4) is 0 Å². The van der Waals surface area contributed by atoms with Crippen LogP contribution in [-0.4, -0.2) is 15.9 Å². The number of para-hydroxylation sites is 1. The Morgan fingerprint density at radius 1 is 1.08 bits per heavy atom. The number of halogens is 2. The molecule has 0 radical (unpaired) electrons. The molecule has 124 valence electrons. The lowest BCUT2D eigenvalue weighted by molar-refractivity contribution is 0.103. The van der Waals surface area contributed by atoms with Gasteiger partial charge in [-0.3, -0.25) is 4.79 Å². The van der Waals surface area contributed by atoms with Gasteiger partial charge in [-0.2, -0.15) is 0 Å². The first-order valence-corrected chi connectivity index (χ1v) is 9.57. The summed E-state index contributed by atoms with van der Waals surface area (Å²) in [6.45, 7) is 0. The van der Waals surface area contributed by atoms with Crippen LogP contribution in [0.25, 0.3) is 20.1 Å². The van der Waals surface area contributed by atoms with Crippen molar-refractivity contribution in [3.63, 3.8) is 0 Å². The number of anilines is 1. The summed E-state index contributed by atoms with van der Waals surface area (Å²) in [4.78, 5) is 22.6. The number of thiophene rings is 1. The van der Waals surface area contributed by atoms with Crippen LogP contribution in [0.2, 0.25) is 10.0 Å². The average Bonchev–Trinajstić information content (AvgIpc) is 3.23. The van der Waals surface area contributed by atoms with E-state index in [0.717, 1.165) is 20.1 Å². The number of hydrogen-bond acceptors (Lipinski definition) is 5. The molecule has 0 saturated carbocycles.